The fraction of sp³-hybridized carbons (Fsp3) is 0.227. The van der Waals surface area contributed by atoms with Crippen LogP contribution >= 0.6 is 11.6 Å². The fourth-order valence-electron chi connectivity index (χ4n) is 3.12. The Labute approximate surface area is 189 Å². The average Bonchev–Trinajstić information content (AvgIpc) is 2.76. The van der Waals surface area contributed by atoms with Gasteiger partial charge in [0.25, 0.3) is 5.91 Å². The van der Waals surface area contributed by atoms with Crippen molar-refractivity contribution in [2.75, 3.05) is 0 Å². The lowest BCUT2D eigenvalue weighted by atomic mass is 9.83. The lowest BCUT2D eigenvalue weighted by Crippen LogP contribution is -2.45. The normalized spacial score (nSPS) is 14.0. The van der Waals surface area contributed by atoms with E-state index >= 15 is 0 Å². The number of hydrazine groups is 1. The van der Waals surface area contributed by atoms with Gasteiger partial charge in [0.2, 0.25) is 0 Å². The van der Waals surface area contributed by atoms with Crippen molar-refractivity contribution < 1.29 is 19.1 Å². The van der Waals surface area contributed by atoms with Gasteiger partial charge in [0.1, 0.15) is 11.5 Å². The predicted octanol–water partition coefficient (Wildman–Crippen LogP) is 2.44. The van der Waals surface area contributed by atoms with Crippen molar-refractivity contribution in [1.82, 2.24) is 10.7 Å². The third kappa shape index (κ3) is 5.97. The lowest BCUT2D eigenvalue weighted by Gasteiger charge is -2.25. The molecule has 0 spiro atoms. The number of nitrogens with two attached hydrogens (primary N) is 2. The third-order valence-electron chi connectivity index (χ3n) is 4.95. The van der Waals surface area contributed by atoms with Crippen molar-refractivity contribution in [3.05, 3.63) is 70.8 Å². The summed E-state index contributed by atoms with van der Waals surface area (Å²) in [4.78, 5) is 24.0. The lowest BCUT2D eigenvalue weighted by molar-refractivity contribution is -0.145. The van der Waals surface area contributed by atoms with Crippen LogP contribution in [0.15, 0.2) is 54.4 Å². The first-order valence-electron chi connectivity index (χ1n) is 9.52. The van der Waals surface area contributed by atoms with E-state index in [0.717, 1.165) is 11.8 Å². The number of carbonyl (C=O) groups is 2. The Morgan fingerprint density at radius 2 is 1.97 bits per heavy atom. The van der Waals surface area contributed by atoms with Crippen molar-refractivity contribution in [2.24, 2.45) is 17.0 Å². The maximum atomic E-state index is 14.1. The van der Waals surface area contributed by atoms with Gasteiger partial charge in [-0.15, -0.1) is 0 Å². The molecule has 0 fully saturated rings. The largest absolute Gasteiger partial charge is 0.480 e. The highest BCUT2D eigenvalue weighted by atomic mass is 35.5. The van der Waals surface area contributed by atoms with Crippen LogP contribution in [-0.2, 0) is 16.0 Å². The molecule has 0 saturated heterocycles. The van der Waals surface area contributed by atoms with E-state index in [1.807, 2.05) is 0 Å². The van der Waals surface area contributed by atoms with E-state index in [9.17, 15) is 24.3 Å². The SMILES string of the molecule is CC(C#N)(C[C@@H](Cc1ccc(-c2cc(Cl)ccc2F)cc1)NC(=O)/C(=C/N)NN)C(=O)O. The number of hydrogen-bond donors (Lipinski definition) is 5. The summed E-state index contributed by atoms with van der Waals surface area (Å²) < 4.78 is 14.1. The zero-order valence-corrected chi connectivity index (χ0v) is 18.0. The van der Waals surface area contributed by atoms with Crippen LogP contribution in [0.2, 0.25) is 5.02 Å². The Morgan fingerprint density at radius 3 is 2.50 bits per heavy atom. The number of benzene rings is 2. The molecule has 0 aromatic heterocycles. The van der Waals surface area contributed by atoms with Crippen LogP contribution in [0.4, 0.5) is 4.39 Å². The highest BCUT2D eigenvalue weighted by molar-refractivity contribution is 6.30. The summed E-state index contributed by atoms with van der Waals surface area (Å²) in [6.07, 6.45) is 1.01. The van der Waals surface area contributed by atoms with Crippen molar-refractivity contribution >= 4 is 23.5 Å². The molecule has 32 heavy (non-hydrogen) atoms. The van der Waals surface area contributed by atoms with Gasteiger partial charge in [-0.05, 0) is 49.1 Å². The van der Waals surface area contributed by atoms with E-state index in [-0.39, 0.29) is 18.5 Å². The number of halogens is 2. The molecule has 1 amide bonds. The number of carbonyl (C=O) groups excluding carboxylic acids is 1. The quantitative estimate of drug-likeness (QED) is 0.219. The van der Waals surface area contributed by atoms with Gasteiger partial charge in [-0.3, -0.25) is 15.4 Å². The van der Waals surface area contributed by atoms with Crippen LogP contribution in [0, 0.1) is 22.6 Å². The van der Waals surface area contributed by atoms with Crippen molar-refractivity contribution in [1.29, 1.82) is 5.26 Å². The smallest absolute Gasteiger partial charge is 0.323 e. The van der Waals surface area contributed by atoms with Crippen LogP contribution in [-0.4, -0.2) is 23.0 Å². The van der Waals surface area contributed by atoms with E-state index < -0.39 is 29.2 Å². The fourth-order valence-corrected chi connectivity index (χ4v) is 3.30. The van der Waals surface area contributed by atoms with E-state index in [2.05, 4.69) is 10.7 Å². The second-order valence-electron chi connectivity index (χ2n) is 7.37. The highest BCUT2D eigenvalue weighted by Gasteiger charge is 2.36. The monoisotopic (exact) mass is 459 g/mol. The summed E-state index contributed by atoms with van der Waals surface area (Å²) in [5.74, 6) is 2.88. The Kier molecular flexibility index (Phi) is 8.18. The van der Waals surface area contributed by atoms with Gasteiger partial charge in [-0.1, -0.05) is 35.9 Å². The molecule has 0 heterocycles. The number of hydrogen-bond acceptors (Lipinski definition) is 6. The van der Waals surface area contributed by atoms with E-state index in [1.165, 1.54) is 25.1 Å². The molecule has 0 aliphatic carbocycles. The molecule has 0 aliphatic heterocycles. The first-order chi connectivity index (χ1) is 15.1. The number of amides is 1. The summed E-state index contributed by atoms with van der Waals surface area (Å²) in [6, 6.07) is 12.1. The minimum atomic E-state index is -1.73. The molecule has 0 saturated carbocycles. The molecule has 8 nitrogen and oxygen atoms in total. The van der Waals surface area contributed by atoms with Gasteiger partial charge in [0.05, 0.1) is 6.07 Å². The number of rotatable bonds is 9. The molecule has 168 valence electrons. The summed E-state index contributed by atoms with van der Waals surface area (Å²) in [7, 11) is 0. The van der Waals surface area contributed by atoms with Crippen molar-refractivity contribution in [2.45, 2.75) is 25.8 Å². The molecule has 2 rings (SSSR count). The number of carboxylic acids is 1. The van der Waals surface area contributed by atoms with E-state index in [0.29, 0.717) is 16.1 Å². The Morgan fingerprint density at radius 1 is 1.31 bits per heavy atom. The molecule has 10 heteroatoms. The maximum absolute atomic E-state index is 14.1. The van der Waals surface area contributed by atoms with Crippen LogP contribution in [0.1, 0.15) is 18.9 Å². The summed E-state index contributed by atoms with van der Waals surface area (Å²) >= 11 is 5.96. The number of nitrogens with zero attached hydrogens (tertiary/aromatic N) is 1. The molecule has 0 radical (unpaired) electrons. The summed E-state index contributed by atoms with van der Waals surface area (Å²) in [5, 5.41) is 21.9. The minimum absolute atomic E-state index is 0.115. The van der Waals surface area contributed by atoms with Crippen LogP contribution in [0.3, 0.4) is 0 Å². The number of nitriles is 1. The van der Waals surface area contributed by atoms with Gasteiger partial charge in [0.15, 0.2) is 5.41 Å². The second-order valence-corrected chi connectivity index (χ2v) is 7.81. The maximum Gasteiger partial charge on any atom is 0.323 e. The van der Waals surface area contributed by atoms with Crippen LogP contribution in [0.5, 0.6) is 0 Å². The number of aliphatic carboxylic acids is 1. The van der Waals surface area contributed by atoms with E-state index in [4.69, 9.17) is 23.2 Å². The molecule has 1 unspecified atom stereocenters. The molecular weight excluding hydrogens is 437 g/mol. The number of nitrogens with one attached hydrogen (secondary N) is 2. The molecule has 7 N–H and O–H groups in total. The second kappa shape index (κ2) is 10.6. The topological polar surface area (TPSA) is 154 Å². The van der Waals surface area contributed by atoms with E-state index in [1.54, 1.807) is 30.3 Å². The molecule has 0 bridgehead atoms. The van der Waals surface area contributed by atoms with Crippen LogP contribution < -0.4 is 22.3 Å². The molecule has 0 aliphatic rings. The van der Waals surface area contributed by atoms with Gasteiger partial charge in [0, 0.05) is 22.8 Å². The highest BCUT2D eigenvalue weighted by Crippen LogP contribution is 2.28. The van der Waals surface area contributed by atoms with Crippen LogP contribution in [0.25, 0.3) is 11.1 Å². The van der Waals surface area contributed by atoms with Crippen molar-refractivity contribution in [3.63, 3.8) is 0 Å². The summed E-state index contributed by atoms with van der Waals surface area (Å²) in [5.41, 5.74) is 7.33. The van der Waals surface area contributed by atoms with Gasteiger partial charge in [-0.2, -0.15) is 5.26 Å². The zero-order valence-electron chi connectivity index (χ0n) is 17.2. The average molecular weight is 460 g/mol. The minimum Gasteiger partial charge on any atom is -0.480 e. The molecule has 2 aromatic carbocycles. The predicted molar refractivity (Wildman–Crippen MR) is 118 cm³/mol. The molecular formula is C22H23ClFN5O3. The molecule has 2 aromatic rings. The van der Waals surface area contributed by atoms with Gasteiger partial charge < -0.3 is 21.6 Å². The standard InChI is InChI=1S/C22H23ClFN5O3/c1-22(12-26,21(31)32)10-16(28-20(30)19(11-25)29-27)8-13-2-4-14(5-3-13)17-9-15(23)6-7-18(17)24/h2-7,9,11,16,29H,8,10,25,27H2,1H3,(H,28,30)(H,31,32)/b19-11-/t16-,22?/m1/s1. The summed E-state index contributed by atoms with van der Waals surface area (Å²) in [6.45, 7) is 1.28. The van der Waals surface area contributed by atoms with Gasteiger partial charge >= 0.3 is 5.97 Å². The first-order valence-corrected chi connectivity index (χ1v) is 9.89. The van der Waals surface area contributed by atoms with Crippen molar-refractivity contribution in [3.8, 4) is 17.2 Å². The first kappa shape index (κ1) is 24.7. The third-order valence-corrected chi connectivity index (χ3v) is 5.19. The van der Waals surface area contributed by atoms with Gasteiger partial charge in [-0.25, -0.2) is 4.39 Å². The Bertz CT molecular complexity index is 1070. The number of carboxylic acid groups (broad SMARTS) is 1. The Hall–Kier alpha value is -3.61. The Balaban J connectivity index is 2.30. The molecule has 2 atom stereocenters. The zero-order chi connectivity index (χ0) is 23.9.